The fourth-order valence-electron chi connectivity index (χ4n) is 2.39. The molecular weight excluding hydrogens is 300 g/mol. The molecule has 22 heavy (non-hydrogen) atoms. The van der Waals surface area contributed by atoms with Crippen molar-refractivity contribution in [3.63, 3.8) is 0 Å². The molecule has 0 radical (unpaired) electrons. The monoisotopic (exact) mass is 314 g/mol. The van der Waals surface area contributed by atoms with Crippen LogP contribution < -0.4 is 4.74 Å². The summed E-state index contributed by atoms with van der Waals surface area (Å²) in [6.45, 7) is 0.557. The molecule has 4 nitrogen and oxygen atoms in total. The molecule has 0 spiro atoms. The number of nitriles is 1. The predicted molar refractivity (Wildman–Crippen MR) is 84.4 cm³/mol. The van der Waals surface area contributed by atoms with E-state index in [4.69, 9.17) is 21.6 Å². The van der Waals surface area contributed by atoms with E-state index in [2.05, 4.69) is 0 Å². The van der Waals surface area contributed by atoms with Crippen LogP contribution in [0.4, 0.5) is 0 Å². The van der Waals surface area contributed by atoms with Crippen molar-refractivity contribution in [3.05, 3.63) is 46.5 Å². The summed E-state index contributed by atoms with van der Waals surface area (Å²) in [5, 5.41) is 9.45. The van der Waals surface area contributed by atoms with Gasteiger partial charge in [-0.3, -0.25) is 4.79 Å². The summed E-state index contributed by atoms with van der Waals surface area (Å²) in [4.78, 5) is 13.8. The second kappa shape index (κ2) is 6.25. The first-order valence-electron chi connectivity index (χ1n) is 7.16. The Hall–Kier alpha value is -2.25. The van der Waals surface area contributed by atoms with Crippen LogP contribution >= 0.6 is 11.6 Å². The van der Waals surface area contributed by atoms with E-state index in [-0.39, 0.29) is 18.5 Å². The van der Waals surface area contributed by atoms with Gasteiger partial charge in [-0.05, 0) is 42.7 Å². The van der Waals surface area contributed by atoms with Crippen molar-refractivity contribution in [2.75, 3.05) is 13.2 Å². The first kappa shape index (κ1) is 14.7. The summed E-state index contributed by atoms with van der Waals surface area (Å²) in [5.74, 6) is 0.666. The Labute approximate surface area is 134 Å². The van der Waals surface area contributed by atoms with Gasteiger partial charge in [-0.15, -0.1) is 0 Å². The van der Waals surface area contributed by atoms with Gasteiger partial charge in [0.1, 0.15) is 18.9 Å². The van der Waals surface area contributed by atoms with Crippen LogP contribution in [-0.2, 0) is 4.79 Å². The highest BCUT2D eigenvalue weighted by Crippen LogP contribution is 2.30. The Bertz CT molecular complexity index is 699. The molecule has 0 atom stereocenters. The summed E-state index contributed by atoms with van der Waals surface area (Å²) >= 11 is 5.98. The zero-order valence-electron chi connectivity index (χ0n) is 12.0. The zero-order chi connectivity index (χ0) is 15.5. The van der Waals surface area contributed by atoms with Gasteiger partial charge in [0, 0.05) is 22.7 Å². The molecule has 112 valence electrons. The molecule has 0 unspecified atom stereocenters. The number of nitrogens with zero attached hydrogens (tertiary/aromatic N) is 2. The molecule has 1 fully saturated rings. The van der Waals surface area contributed by atoms with Gasteiger partial charge in [0.25, 0.3) is 0 Å². The van der Waals surface area contributed by atoms with Crippen molar-refractivity contribution in [2.24, 2.45) is 0 Å². The largest absolute Gasteiger partial charge is 0.488 e. The quantitative estimate of drug-likeness (QED) is 0.633. The fraction of sp³-hybridized carbons (Fsp3) is 0.294. The predicted octanol–water partition coefficient (Wildman–Crippen LogP) is 3.19. The van der Waals surface area contributed by atoms with Crippen LogP contribution in [0.5, 0.6) is 5.75 Å². The number of carbonyl (C=O) groups excluding carboxylic acids is 1. The molecule has 1 amide bonds. The van der Waals surface area contributed by atoms with Gasteiger partial charge in [-0.25, -0.2) is 0 Å². The van der Waals surface area contributed by atoms with Crippen molar-refractivity contribution < 1.29 is 9.53 Å². The third kappa shape index (κ3) is 3.32. The topological polar surface area (TPSA) is 53.3 Å². The first-order chi connectivity index (χ1) is 10.7. The second-order valence-electron chi connectivity index (χ2n) is 5.38. The number of amides is 1. The molecule has 1 aliphatic carbocycles. The number of ether oxygens (including phenoxy) is 1. The maximum Gasteiger partial charge on any atom is 0.247 e. The highest BCUT2D eigenvalue weighted by Gasteiger charge is 2.31. The molecule has 3 rings (SSSR count). The number of rotatable bonds is 4. The smallest absolute Gasteiger partial charge is 0.247 e. The lowest BCUT2D eigenvalue weighted by Crippen LogP contribution is -2.32. The molecule has 0 N–H and O–H groups in total. The second-order valence-corrected chi connectivity index (χ2v) is 5.82. The lowest BCUT2D eigenvalue weighted by Gasteiger charge is -2.18. The standard InChI is InChI=1S/C17H15ClN2O2/c18-14-2-5-16-13(10-14)9-12(11-22-16)1-6-17(21)20(8-7-19)15-3-4-15/h1-2,5-6,9-10,15H,3-4,8,11H2. The normalized spacial score (nSPS) is 16.5. The molecule has 1 heterocycles. The average Bonchev–Trinajstić information content (AvgIpc) is 3.34. The molecule has 0 saturated heterocycles. The number of hydrogen-bond donors (Lipinski definition) is 0. The Morgan fingerprint density at radius 1 is 1.50 bits per heavy atom. The maximum absolute atomic E-state index is 12.2. The van der Waals surface area contributed by atoms with Gasteiger partial charge in [0.2, 0.25) is 5.91 Å². The van der Waals surface area contributed by atoms with E-state index in [1.807, 2.05) is 24.3 Å². The average molecular weight is 315 g/mol. The maximum atomic E-state index is 12.2. The van der Waals surface area contributed by atoms with E-state index in [1.54, 1.807) is 17.0 Å². The van der Waals surface area contributed by atoms with Gasteiger partial charge >= 0.3 is 0 Å². The van der Waals surface area contributed by atoms with Gasteiger partial charge in [-0.2, -0.15) is 5.26 Å². The number of hydrogen-bond acceptors (Lipinski definition) is 3. The molecular formula is C17H15ClN2O2. The van der Waals surface area contributed by atoms with Crippen molar-refractivity contribution >= 4 is 23.6 Å². The Morgan fingerprint density at radius 2 is 2.32 bits per heavy atom. The number of fused-ring (bicyclic) bond motifs is 1. The van der Waals surface area contributed by atoms with Crippen LogP contribution in [0.3, 0.4) is 0 Å². The van der Waals surface area contributed by atoms with Gasteiger partial charge in [-0.1, -0.05) is 17.7 Å². The van der Waals surface area contributed by atoms with Crippen molar-refractivity contribution in [3.8, 4) is 11.8 Å². The summed E-state index contributed by atoms with van der Waals surface area (Å²) in [7, 11) is 0. The van der Waals surface area contributed by atoms with E-state index in [1.165, 1.54) is 6.08 Å². The van der Waals surface area contributed by atoms with Crippen LogP contribution in [0.25, 0.3) is 6.08 Å². The summed E-state index contributed by atoms with van der Waals surface area (Å²) in [6, 6.07) is 7.73. The molecule has 0 bridgehead atoms. The first-order valence-corrected chi connectivity index (χ1v) is 7.54. The number of halogens is 1. The van der Waals surface area contributed by atoms with E-state index in [0.29, 0.717) is 11.6 Å². The SMILES string of the molecule is N#CCN(C(=O)C=CC1=Cc2cc(Cl)ccc2OC1)C1CC1. The van der Waals surface area contributed by atoms with Crippen LogP contribution in [0.1, 0.15) is 18.4 Å². The van der Waals surface area contributed by atoms with Crippen LogP contribution in [-0.4, -0.2) is 30.0 Å². The third-order valence-electron chi connectivity index (χ3n) is 3.66. The minimum Gasteiger partial charge on any atom is -0.488 e. The van der Waals surface area contributed by atoms with E-state index < -0.39 is 0 Å². The van der Waals surface area contributed by atoms with E-state index in [9.17, 15) is 4.79 Å². The van der Waals surface area contributed by atoms with Gasteiger partial charge in [0.15, 0.2) is 0 Å². The molecule has 5 heteroatoms. The number of carbonyl (C=O) groups is 1. The third-order valence-corrected chi connectivity index (χ3v) is 3.89. The molecule has 1 saturated carbocycles. The molecule has 2 aliphatic rings. The van der Waals surface area contributed by atoms with Crippen molar-refractivity contribution in [1.82, 2.24) is 4.90 Å². The summed E-state index contributed by atoms with van der Waals surface area (Å²) < 4.78 is 5.64. The summed E-state index contributed by atoms with van der Waals surface area (Å²) in [6.07, 6.45) is 7.19. The lowest BCUT2D eigenvalue weighted by atomic mass is 10.1. The van der Waals surface area contributed by atoms with E-state index >= 15 is 0 Å². The summed E-state index contributed by atoms with van der Waals surface area (Å²) in [5.41, 5.74) is 1.80. The molecule has 0 aromatic heterocycles. The highest BCUT2D eigenvalue weighted by molar-refractivity contribution is 6.30. The van der Waals surface area contributed by atoms with Crippen LogP contribution in [0, 0.1) is 11.3 Å². The van der Waals surface area contributed by atoms with Crippen molar-refractivity contribution in [1.29, 1.82) is 5.26 Å². The highest BCUT2D eigenvalue weighted by atomic mass is 35.5. The van der Waals surface area contributed by atoms with Crippen molar-refractivity contribution in [2.45, 2.75) is 18.9 Å². The van der Waals surface area contributed by atoms with Gasteiger partial charge < -0.3 is 9.64 Å². The lowest BCUT2D eigenvalue weighted by molar-refractivity contribution is -0.125. The van der Waals surface area contributed by atoms with Crippen LogP contribution in [0.15, 0.2) is 35.9 Å². The number of benzene rings is 1. The van der Waals surface area contributed by atoms with Gasteiger partial charge in [0.05, 0.1) is 6.07 Å². The Morgan fingerprint density at radius 3 is 3.05 bits per heavy atom. The molecule has 1 aliphatic heterocycles. The Kier molecular flexibility index (Phi) is 4.17. The Balaban J connectivity index is 1.73. The zero-order valence-corrected chi connectivity index (χ0v) is 12.7. The van der Waals surface area contributed by atoms with E-state index in [0.717, 1.165) is 29.7 Å². The molecule has 1 aromatic rings. The minimum atomic E-state index is -0.123. The minimum absolute atomic E-state index is 0.123. The van der Waals surface area contributed by atoms with Crippen LogP contribution in [0.2, 0.25) is 5.02 Å². The molecule has 1 aromatic carbocycles. The fourth-order valence-corrected chi connectivity index (χ4v) is 2.57.